The molecule has 0 aliphatic carbocycles. The first-order chi connectivity index (χ1) is 9.60. The van der Waals surface area contributed by atoms with Crippen molar-refractivity contribution in [3.05, 3.63) is 52.8 Å². The number of alkyl halides is 1. The number of aromatic nitrogens is 2. The van der Waals surface area contributed by atoms with Gasteiger partial charge >= 0.3 is 0 Å². The molecule has 1 amide bonds. The first-order valence-corrected chi connectivity index (χ1v) is 7.66. The van der Waals surface area contributed by atoms with Crippen LogP contribution in [0.4, 0.5) is 0 Å². The van der Waals surface area contributed by atoms with Gasteiger partial charge in [0.2, 0.25) is 0 Å². The van der Waals surface area contributed by atoms with Gasteiger partial charge in [0.05, 0.1) is 12.2 Å². The summed E-state index contributed by atoms with van der Waals surface area (Å²) in [5.41, 5.74) is 3.95. The van der Waals surface area contributed by atoms with Crippen molar-refractivity contribution >= 4 is 21.8 Å². The number of carbonyl (C=O) groups is 1. The summed E-state index contributed by atoms with van der Waals surface area (Å²) in [5, 5.41) is 8.07. The molecule has 1 heterocycles. The zero-order valence-corrected chi connectivity index (χ0v) is 13.3. The van der Waals surface area contributed by atoms with Crippen LogP contribution in [0.3, 0.4) is 0 Å². The van der Waals surface area contributed by atoms with Gasteiger partial charge in [-0.05, 0) is 37.6 Å². The molecule has 1 N–H and O–H groups in total. The maximum Gasteiger partial charge on any atom is 0.251 e. The molecule has 0 radical (unpaired) electrons. The van der Waals surface area contributed by atoms with Crippen molar-refractivity contribution in [1.29, 1.82) is 0 Å². The Morgan fingerprint density at radius 2 is 2.00 bits per heavy atom. The second kappa shape index (κ2) is 6.70. The largest absolute Gasteiger partial charge is 0.350 e. The van der Waals surface area contributed by atoms with Gasteiger partial charge < -0.3 is 5.32 Å². The Bertz CT molecular complexity index is 590. The molecule has 0 bridgehead atoms. The molecule has 0 unspecified atom stereocenters. The average Bonchev–Trinajstić information content (AvgIpc) is 2.77. The number of rotatable bonds is 5. The number of amides is 1. The van der Waals surface area contributed by atoms with Gasteiger partial charge in [-0.3, -0.25) is 9.48 Å². The fraction of sp³-hybridized carbons (Fsp3) is 0.333. The fourth-order valence-electron chi connectivity index (χ4n) is 2.02. The van der Waals surface area contributed by atoms with Gasteiger partial charge in [-0.25, -0.2) is 0 Å². The van der Waals surface area contributed by atoms with Gasteiger partial charge in [0.25, 0.3) is 5.91 Å². The molecule has 4 nitrogen and oxygen atoms in total. The van der Waals surface area contributed by atoms with Gasteiger partial charge in [0.15, 0.2) is 0 Å². The second-order valence-corrected chi connectivity index (χ2v) is 5.30. The van der Waals surface area contributed by atoms with Crippen LogP contribution in [0.1, 0.15) is 27.3 Å². The smallest absolute Gasteiger partial charge is 0.251 e. The molecule has 106 valence electrons. The fourth-order valence-corrected chi connectivity index (χ4v) is 2.40. The standard InChI is InChI=1S/C15H18BrN3O/c1-11-9-12(2)19(18-11)8-7-17-15(20)14-5-3-13(10-16)4-6-14/h3-6,9H,7-8,10H2,1-2H3,(H,17,20). The normalized spacial score (nSPS) is 10.6. The van der Waals surface area contributed by atoms with Gasteiger partial charge in [0, 0.05) is 23.1 Å². The third kappa shape index (κ3) is 3.70. The first-order valence-electron chi connectivity index (χ1n) is 6.54. The molecule has 0 fully saturated rings. The second-order valence-electron chi connectivity index (χ2n) is 4.74. The van der Waals surface area contributed by atoms with Crippen molar-refractivity contribution in [1.82, 2.24) is 15.1 Å². The van der Waals surface area contributed by atoms with Crippen LogP contribution in [-0.2, 0) is 11.9 Å². The Labute approximate surface area is 127 Å². The van der Waals surface area contributed by atoms with Crippen molar-refractivity contribution in [3.63, 3.8) is 0 Å². The van der Waals surface area contributed by atoms with Crippen molar-refractivity contribution in [2.45, 2.75) is 25.7 Å². The maximum atomic E-state index is 12.0. The zero-order chi connectivity index (χ0) is 14.5. The third-order valence-corrected chi connectivity index (χ3v) is 3.73. The number of hydrogen-bond acceptors (Lipinski definition) is 2. The molecule has 0 aliphatic rings. The number of aryl methyl sites for hydroxylation is 2. The minimum Gasteiger partial charge on any atom is -0.350 e. The van der Waals surface area contributed by atoms with Crippen LogP contribution < -0.4 is 5.32 Å². The zero-order valence-electron chi connectivity index (χ0n) is 11.7. The van der Waals surface area contributed by atoms with E-state index in [4.69, 9.17) is 0 Å². The molecular weight excluding hydrogens is 318 g/mol. The Morgan fingerprint density at radius 1 is 1.30 bits per heavy atom. The summed E-state index contributed by atoms with van der Waals surface area (Å²) < 4.78 is 1.91. The Balaban J connectivity index is 1.87. The topological polar surface area (TPSA) is 46.9 Å². The SMILES string of the molecule is Cc1cc(C)n(CCNC(=O)c2ccc(CBr)cc2)n1. The highest BCUT2D eigenvalue weighted by Crippen LogP contribution is 2.07. The highest BCUT2D eigenvalue weighted by atomic mass is 79.9. The molecule has 20 heavy (non-hydrogen) atoms. The van der Waals surface area contributed by atoms with E-state index in [1.807, 2.05) is 48.9 Å². The molecule has 0 aliphatic heterocycles. The van der Waals surface area contributed by atoms with E-state index in [1.165, 1.54) is 0 Å². The monoisotopic (exact) mass is 335 g/mol. The summed E-state index contributed by atoms with van der Waals surface area (Å²) in [6, 6.07) is 9.61. The lowest BCUT2D eigenvalue weighted by Gasteiger charge is -2.07. The molecule has 0 atom stereocenters. The van der Waals surface area contributed by atoms with Gasteiger partial charge in [0.1, 0.15) is 0 Å². The number of halogens is 1. The van der Waals surface area contributed by atoms with Crippen molar-refractivity contribution in [2.24, 2.45) is 0 Å². The van der Waals surface area contributed by atoms with Crippen LogP contribution in [0.5, 0.6) is 0 Å². The van der Waals surface area contributed by atoms with Crippen LogP contribution in [0, 0.1) is 13.8 Å². The lowest BCUT2D eigenvalue weighted by Crippen LogP contribution is -2.27. The first kappa shape index (κ1) is 14.8. The number of benzene rings is 1. The van der Waals surface area contributed by atoms with Crippen molar-refractivity contribution in [2.75, 3.05) is 6.54 Å². The minimum absolute atomic E-state index is 0.0485. The number of nitrogens with zero attached hydrogens (tertiary/aromatic N) is 2. The molecule has 5 heteroatoms. The third-order valence-electron chi connectivity index (χ3n) is 3.08. The molecule has 0 spiro atoms. The Kier molecular flexibility index (Phi) is 4.95. The molecule has 1 aromatic carbocycles. The van der Waals surface area contributed by atoms with E-state index < -0.39 is 0 Å². The summed E-state index contributed by atoms with van der Waals surface area (Å²) in [6.45, 7) is 5.24. The van der Waals surface area contributed by atoms with E-state index in [0.29, 0.717) is 18.7 Å². The summed E-state index contributed by atoms with van der Waals surface area (Å²) in [5.74, 6) is -0.0485. The predicted molar refractivity (Wildman–Crippen MR) is 83.1 cm³/mol. The van der Waals surface area contributed by atoms with E-state index in [1.54, 1.807) is 0 Å². The summed E-state index contributed by atoms with van der Waals surface area (Å²) in [4.78, 5) is 12.0. The van der Waals surface area contributed by atoms with Gasteiger partial charge in [-0.15, -0.1) is 0 Å². The van der Waals surface area contributed by atoms with E-state index >= 15 is 0 Å². The van der Waals surface area contributed by atoms with E-state index in [2.05, 4.69) is 26.3 Å². The number of carbonyl (C=O) groups excluding carboxylic acids is 1. The van der Waals surface area contributed by atoms with Crippen molar-refractivity contribution < 1.29 is 4.79 Å². The van der Waals surface area contributed by atoms with E-state index in [-0.39, 0.29) is 5.91 Å². The van der Waals surface area contributed by atoms with Gasteiger partial charge in [-0.2, -0.15) is 5.10 Å². The van der Waals surface area contributed by atoms with Crippen LogP contribution in [0.2, 0.25) is 0 Å². The highest BCUT2D eigenvalue weighted by molar-refractivity contribution is 9.08. The van der Waals surface area contributed by atoms with E-state index in [0.717, 1.165) is 22.3 Å². The Hall–Kier alpha value is -1.62. The molecule has 0 saturated carbocycles. The Morgan fingerprint density at radius 3 is 2.55 bits per heavy atom. The number of nitrogens with one attached hydrogen (secondary N) is 1. The quantitative estimate of drug-likeness (QED) is 0.854. The molecule has 2 aromatic rings. The molecule has 1 aromatic heterocycles. The maximum absolute atomic E-state index is 12.0. The molecule has 0 saturated heterocycles. The summed E-state index contributed by atoms with van der Waals surface area (Å²) >= 11 is 3.39. The van der Waals surface area contributed by atoms with E-state index in [9.17, 15) is 4.79 Å². The minimum atomic E-state index is -0.0485. The van der Waals surface area contributed by atoms with Crippen LogP contribution in [-0.4, -0.2) is 22.2 Å². The van der Waals surface area contributed by atoms with Crippen molar-refractivity contribution in [3.8, 4) is 0 Å². The summed E-state index contributed by atoms with van der Waals surface area (Å²) in [6.07, 6.45) is 0. The molecule has 2 rings (SSSR count). The number of hydrogen-bond donors (Lipinski definition) is 1. The highest BCUT2D eigenvalue weighted by Gasteiger charge is 2.05. The van der Waals surface area contributed by atoms with Crippen LogP contribution >= 0.6 is 15.9 Å². The average molecular weight is 336 g/mol. The van der Waals surface area contributed by atoms with Crippen LogP contribution in [0.25, 0.3) is 0 Å². The molecular formula is C15H18BrN3O. The lowest BCUT2D eigenvalue weighted by atomic mass is 10.1. The van der Waals surface area contributed by atoms with Gasteiger partial charge in [-0.1, -0.05) is 28.1 Å². The summed E-state index contributed by atoms with van der Waals surface area (Å²) in [7, 11) is 0. The lowest BCUT2D eigenvalue weighted by molar-refractivity contribution is 0.0952. The predicted octanol–water partition coefficient (Wildman–Crippen LogP) is 2.82. The van der Waals surface area contributed by atoms with Crippen LogP contribution in [0.15, 0.2) is 30.3 Å².